The Kier molecular flexibility index (Phi) is 16.8. The summed E-state index contributed by atoms with van der Waals surface area (Å²) in [4.78, 5) is 0. The Morgan fingerprint density at radius 2 is 1.19 bits per heavy atom. The first-order valence-corrected chi connectivity index (χ1v) is 22.1. The van der Waals surface area contributed by atoms with Gasteiger partial charge in [-0.05, 0) is 95.9 Å². The summed E-state index contributed by atoms with van der Waals surface area (Å²) in [6.07, 6.45) is 16.6. The van der Waals surface area contributed by atoms with Crippen molar-refractivity contribution in [2.24, 2.45) is 0 Å². The van der Waals surface area contributed by atoms with Crippen LogP contribution in [0.1, 0.15) is 50.1 Å². The minimum atomic E-state index is -1.58. The monoisotopic (exact) mass is 800 g/mol. The number of hydrogen-bond donors (Lipinski definition) is 0. The quantitative estimate of drug-likeness (QED) is 0.0721. The van der Waals surface area contributed by atoms with Crippen LogP contribution in [0.4, 0.5) is 4.39 Å². The van der Waals surface area contributed by atoms with Gasteiger partial charge in [-0.25, -0.2) is 4.39 Å². The van der Waals surface area contributed by atoms with Gasteiger partial charge in [0.15, 0.2) is 11.6 Å². The van der Waals surface area contributed by atoms with Crippen molar-refractivity contribution in [1.82, 2.24) is 0 Å². The number of aryl methyl sites for hydroxylation is 1. The Morgan fingerprint density at radius 3 is 1.79 bits per heavy atom. The third-order valence-corrected chi connectivity index (χ3v) is 13.0. The molecule has 0 N–H and O–H groups in total. The molecule has 0 saturated carbocycles. The molecule has 6 rings (SSSR count). The maximum atomic E-state index is 14.1. The van der Waals surface area contributed by atoms with Crippen LogP contribution in [0.5, 0.6) is 34.5 Å². The molecule has 0 heterocycles. The first-order valence-electron chi connectivity index (χ1n) is 18.9. The van der Waals surface area contributed by atoms with E-state index in [-0.39, 0.29) is 30.1 Å². The third kappa shape index (κ3) is 13.7. The molecule has 6 aromatic carbocycles. The number of para-hydroxylation sites is 2. The van der Waals surface area contributed by atoms with Crippen molar-refractivity contribution in [3.8, 4) is 59.6 Å². The lowest BCUT2D eigenvalue weighted by Crippen LogP contribution is -2.40. The summed E-state index contributed by atoms with van der Waals surface area (Å²) in [7, 11) is -1.58. The molecular weight excluding hydrogens is 740 g/mol. The average molecular weight is 801 g/mol. The predicted molar refractivity (Wildman–Crippen MR) is 246 cm³/mol. The zero-order valence-electron chi connectivity index (χ0n) is 33.0. The maximum Gasteiger partial charge on any atom is 0.165 e. The maximum absolute atomic E-state index is 14.1. The van der Waals surface area contributed by atoms with E-state index in [0.717, 1.165) is 47.1 Å². The van der Waals surface area contributed by atoms with Gasteiger partial charge in [-0.15, -0.1) is 0 Å². The van der Waals surface area contributed by atoms with Gasteiger partial charge >= 0.3 is 0 Å². The van der Waals surface area contributed by atoms with Crippen LogP contribution in [0.2, 0.25) is 19.1 Å². The highest BCUT2D eigenvalue weighted by molar-refractivity contribution is 6.89. The number of terminal acetylenes is 2. The van der Waals surface area contributed by atoms with Crippen molar-refractivity contribution in [2.45, 2.75) is 65.3 Å². The van der Waals surface area contributed by atoms with E-state index in [4.69, 9.17) is 36.5 Å². The molecule has 6 aromatic rings. The van der Waals surface area contributed by atoms with Crippen LogP contribution < -0.4 is 24.1 Å². The van der Waals surface area contributed by atoms with Gasteiger partial charge in [-0.2, -0.15) is 0 Å². The normalized spacial score (nSPS) is 10.7. The molecule has 0 aromatic heterocycles. The van der Waals surface area contributed by atoms with Crippen molar-refractivity contribution >= 4 is 13.3 Å². The van der Waals surface area contributed by atoms with E-state index in [1.54, 1.807) is 0 Å². The van der Waals surface area contributed by atoms with Gasteiger partial charge in [0, 0.05) is 11.1 Å². The molecule has 7 heteroatoms. The summed E-state index contributed by atoms with van der Waals surface area (Å²) in [6, 6.07) is 49.1. The summed E-state index contributed by atoms with van der Waals surface area (Å²) >= 11 is 0. The standard InChI is InChI=1S/C25H25FO2Si.C25H24O3.CH4.4H2/c1-4-27-21-13-15-23(16-14-21)29(2,3)18-8-9-20-12-17-24(26)25(19-20)28-22-10-6-5-7-11-22;1-4-27-22-15-13-21(14-16-22)25(2,3)19-26-18-20-9-8-12-24(17-20)28-23-10-6-5-7-11-23;;;;;/h1,5-7,10-17,19H,8-9,18H2,2-3H3;1,5-17H,18-19H2,2-3H3;1H4;4*1H. The summed E-state index contributed by atoms with van der Waals surface area (Å²) < 4.78 is 41.9. The number of hydrogen-bond acceptors (Lipinski definition) is 5. The van der Waals surface area contributed by atoms with E-state index >= 15 is 0 Å². The Morgan fingerprint density at radius 1 is 0.621 bits per heavy atom. The van der Waals surface area contributed by atoms with Crippen LogP contribution in [0, 0.1) is 30.9 Å². The second-order valence-corrected chi connectivity index (χ2v) is 19.7. The number of halogens is 1. The van der Waals surface area contributed by atoms with Gasteiger partial charge in [0.2, 0.25) is 0 Å². The molecule has 0 fully saturated rings. The van der Waals surface area contributed by atoms with E-state index in [2.05, 4.69) is 51.3 Å². The van der Waals surface area contributed by atoms with Gasteiger partial charge in [0.1, 0.15) is 41.0 Å². The van der Waals surface area contributed by atoms with Crippen LogP contribution in [0.15, 0.2) is 152 Å². The number of benzene rings is 6. The fourth-order valence-electron chi connectivity index (χ4n) is 6.19. The summed E-state index contributed by atoms with van der Waals surface area (Å²) in [6.45, 7) is 10.1. The molecule has 0 bridgehead atoms. The van der Waals surface area contributed by atoms with E-state index in [1.165, 1.54) is 11.3 Å². The van der Waals surface area contributed by atoms with Crippen LogP contribution in [0.25, 0.3) is 0 Å². The zero-order chi connectivity index (χ0) is 40.5. The van der Waals surface area contributed by atoms with Crippen molar-refractivity contribution in [3.63, 3.8) is 0 Å². The molecule has 0 radical (unpaired) electrons. The third-order valence-electron chi connectivity index (χ3n) is 9.47. The summed E-state index contributed by atoms with van der Waals surface area (Å²) in [5.74, 6) is 3.54. The van der Waals surface area contributed by atoms with Gasteiger partial charge in [-0.3, -0.25) is 0 Å². The molecule has 0 amide bonds. The largest absolute Gasteiger partial charge is 0.457 e. The smallest absolute Gasteiger partial charge is 0.165 e. The molecule has 0 aliphatic rings. The predicted octanol–water partition coefficient (Wildman–Crippen LogP) is 13.7. The van der Waals surface area contributed by atoms with E-state index < -0.39 is 8.07 Å². The Balaban J connectivity index is 0.00000111. The van der Waals surface area contributed by atoms with Crippen LogP contribution in [0.3, 0.4) is 0 Å². The Labute approximate surface area is 351 Å². The molecule has 0 spiro atoms. The van der Waals surface area contributed by atoms with Crippen molar-refractivity contribution in [1.29, 1.82) is 0 Å². The highest BCUT2D eigenvalue weighted by Crippen LogP contribution is 2.29. The second kappa shape index (κ2) is 21.9. The molecular formula is C51H61FO5Si. The number of ether oxygens (including phenoxy) is 5. The van der Waals surface area contributed by atoms with Crippen molar-refractivity contribution < 1.29 is 33.8 Å². The average Bonchev–Trinajstić information content (AvgIpc) is 3.21. The molecule has 58 heavy (non-hydrogen) atoms. The lowest BCUT2D eigenvalue weighted by atomic mass is 9.85. The van der Waals surface area contributed by atoms with E-state index in [9.17, 15) is 4.39 Å². The van der Waals surface area contributed by atoms with Crippen LogP contribution in [-0.2, 0) is 23.2 Å². The SMILES string of the molecule is C.C#COc1ccc(C(C)(C)COCc2cccc(Oc3ccccc3)c2)cc1.C#COc1ccc([Si](C)(C)CCCc2ccc(F)c(Oc3ccccc3)c2)cc1.[HH].[HH].[HH].[HH]. The lowest BCUT2D eigenvalue weighted by Gasteiger charge is -2.25. The summed E-state index contributed by atoms with van der Waals surface area (Å²) in [5, 5.41) is 1.37. The van der Waals surface area contributed by atoms with Gasteiger partial charge in [0.25, 0.3) is 0 Å². The molecule has 0 saturated heterocycles. The molecule has 0 aliphatic carbocycles. The van der Waals surface area contributed by atoms with E-state index in [0.29, 0.717) is 30.5 Å². The second-order valence-electron chi connectivity index (χ2n) is 14.8. The fraction of sp³-hybridized carbons (Fsp3) is 0.216. The number of rotatable bonds is 16. The minimum Gasteiger partial charge on any atom is -0.457 e. The molecule has 0 aliphatic heterocycles. The van der Waals surface area contributed by atoms with Gasteiger partial charge in [0.05, 0.1) is 21.3 Å². The molecule has 0 atom stereocenters. The van der Waals surface area contributed by atoms with Gasteiger partial charge < -0.3 is 23.7 Å². The van der Waals surface area contributed by atoms with Crippen LogP contribution >= 0.6 is 0 Å². The highest BCUT2D eigenvalue weighted by Gasteiger charge is 2.23. The van der Waals surface area contributed by atoms with Crippen LogP contribution in [-0.4, -0.2) is 14.7 Å². The van der Waals surface area contributed by atoms with Crippen molar-refractivity contribution in [3.05, 3.63) is 174 Å². The van der Waals surface area contributed by atoms with Gasteiger partial charge in [-0.1, -0.05) is 144 Å². The molecule has 5 nitrogen and oxygen atoms in total. The lowest BCUT2D eigenvalue weighted by molar-refractivity contribution is 0.0824. The van der Waals surface area contributed by atoms with Crippen molar-refractivity contribution in [2.75, 3.05) is 6.61 Å². The highest BCUT2D eigenvalue weighted by atomic mass is 28.3. The first kappa shape index (κ1) is 44.5. The minimum absolute atomic E-state index is 0. The Bertz CT molecular complexity index is 2240. The summed E-state index contributed by atoms with van der Waals surface area (Å²) in [5.41, 5.74) is 3.19. The van der Waals surface area contributed by atoms with E-state index in [1.807, 2.05) is 133 Å². The Hall–Kier alpha value is -6.25. The molecule has 306 valence electrons. The zero-order valence-corrected chi connectivity index (χ0v) is 34.0. The molecule has 0 unspecified atom stereocenters. The fourth-order valence-corrected chi connectivity index (χ4v) is 8.61. The first-order chi connectivity index (χ1) is 27.5. The topological polar surface area (TPSA) is 46.2 Å².